The van der Waals surface area contributed by atoms with Gasteiger partial charge in [0.1, 0.15) is 11.3 Å². The number of amides is 2. The van der Waals surface area contributed by atoms with Crippen LogP contribution in [-0.2, 0) is 0 Å². The van der Waals surface area contributed by atoms with E-state index in [0.29, 0.717) is 33.8 Å². The zero-order valence-electron chi connectivity index (χ0n) is 16.3. The maximum atomic E-state index is 12.7. The van der Waals surface area contributed by atoms with Gasteiger partial charge in [-0.3, -0.25) is 14.6 Å². The highest BCUT2D eigenvalue weighted by atomic mass is 16.5. The van der Waals surface area contributed by atoms with Crippen molar-refractivity contribution in [3.8, 4) is 5.75 Å². The van der Waals surface area contributed by atoms with Crippen LogP contribution in [-0.4, -0.2) is 23.9 Å². The third-order valence-electron chi connectivity index (χ3n) is 4.64. The molecule has 0 bridgehead atoms. The average Bonchev–Trinajstić information content (AvgIpc) is 2.80. The summed E-state index contributed by atoms with van der Waals surface area (Å²) in [6.45, 7) is 0. The molecule has 0 radical (unpaired) electrons. The molecule has 1 aromatic heterocycles. The third kappa shape index (κ3) is 3.98. The molecular weight excluding hydrogens is 378 g/mol. The Hall–Kier alpha value is -4.19. The van der Waals surface area contributed by atoms with Crippen LogP contribution in [0.4, 0.5) is 11.4 Å². The van der Waals surface area contributed by atoms with Crippen LogP contribution in [0.25, 0.3) is 10.9 Å². The van der Waals surface area contributed by atoms with Crippen LogP contribution < -0.4 is 15.4 Å². The van der Waals surface area contributed by atoms with Crippen LogP contribution in [0.5, 0.6) is 5.75 Å². The van der Waals surface area contributed by atoms with E-state index in [2.05, 4.69) is 15.6 Å². The maximum Gasteiger partial charge on any atom is 0.255 e. The fraction of sp³-hybridized carbons (Fsp3) is 0.0417. The van der Waals surface area contributed by atoms with Gasteiger partial charge in [-0.25, -0.2) is 0 Å². The average molecular weight is 397 g/mol. The third-order valence-corrected chi connectivity index (χ3v) is 4.64. The smallest absolute Gasteiger partial charge is 0.255 e. The molecule has 0 atom stereocenters. The largest absolute Gasteiger partial charge is 0.494 e. The Bertz CT molecular complexity index is 1210. The van der Waals surface area contributed by atoms with Crippen molar-refractivity contribution in [1.82, 2.24) is 4.98 Å². The molecule has 6 nitrogen and oxygen atoms in total. The van der Waals surface area contributed by atoms with Crippen molar-refractivity contribution in [2.75, 3.05) is 17.7 Å². The molecule has 1 heterocycles. The van der Waals surface area contributed by atoms with Crippen LogP contribution >= 0.6 is 0 Å². The van der Waals surface area contributed by atoms with Gasteiger partial charge in [0.25, 0.3) is 11.8 Å². The number of rotatable bonds is 5. The first-order valence-electron chi connectivity index (χ1n) is 9.35. The van der Waals surface area contributed by atoms with Crippen LogP contribution in [0, 0.1) is 0 Å². The SMILES string of the molecule is COc1ccc(NC(=O)c2ccc(NC(=O)c3ccccc3)cc2)c2cccnc12. The van der Waals surface area contributed by atoms with Gasteiger partial charge in [-0.2, -0.15) is 0 Å². The van der Waals surface area contributed by atoms with Gasteiger partial charge in [0.15, 0.2) is 0 Å². The zero-order valence-corrected chi connectivity index (χ0v) is 16.3. The van der Waals surface area contributed by atoms with E-state index in [1.807, 2.05) is 18.2 Å². The summed E-state index contributed by atoms with van der Waals surface area (Å²) >= 11 is 0. The van der Waals surface area contributed by atoms with E-state index in [-0.39, 0.29) is 11.8 Å². The minimum Gasteiger partial charge on any atom is -0.494 e. The molecule has 0 saturated heterocycles. The Labute approximate surface area is 173 Å². The number of aromatic nitrogens is 1. The Morgan fingerprint density at radius 3 is 2.20 bits per heavy atom. The van der Waals surface area contributed by atoms with Crippen molar-refractivity contribution in [3.05, 3.63) is 96.2 Å². The molecule has 2 amide bonds. The molecule has 0 saturated carbocycles. The summed E-state index contributed by atoms with van der Waals surface area (Å²) in [4.78, 5) is 29.3. The van der Waals surface area contributed by atoms with Crippen molar-refractivity contribution in [2.24, 2.45) is 0 Å². The predicted octanol–water partition coefficient (Wildman–Crippen LogP) is 4.75. The lowest BCUT2D eigenvalue weighted by molar-refractivity contribution is 0.102. The van der Waals surface area contributed by atoms with Gasteiger partial charge < -0.3 is 15.4 Å². The fourth-order valence-corrected chi connectivity index (χ4v) is 3.11. The number of nitrogens with zero attached hydrogens (tertiary/aromatic N) is 1. The van der Waals surface area contributed by atoms with Gasteiger partial charge in [0, 0.05) is 28.4 Å². The highest BCUT2D eigenvalue weighted by Crippen LogP contribution is 2.30. The number of fused-ring (bicyclic) bond motifs is 1. The molecule has 4 rings (SSSR count). The molecule has 30 heavy (non-hydrogen) atoms. The molecular formula is C24H19N3O3. The topological polar surface area (TPSA) is 80.3 Å². The molecule has 4 aromatic rings. The lowest BCUT2D eigenvalue weighted by Crippen LogP contribution is -2.14. The van der Waals surface area contributed by atoms with Crippen LogP contribution in [0.1, 0.15) is 20.7 Å². The molecule has 0 fully saturated rings. The Morgan fingerprint density at radius 1 is 0.767 bits per heavy atom. The summed E-state index contributed by atoms with van der Waals surface area (Å²) in [5, 5.41) is 6.52. The number of pyridine rings is 1. The summed E-state index contributed by atoms with van der Waals surface area (Å²) in [5.41, 5.74) is 2.97. The van der Waals surface area contributed by atoms with Crippen LogP contribution in [0.2, 0.25) is 0 Å². The van der Waals surface area contributed by atoms with Crippen molar-refractivity contribution < 1.29 is 14.3 Å². The number of benzene rings is 3. The molecule has 6 heteroatoms. The van der Waals surface area contributed by atoms with Crippen molar-refractivity contribution in [3.63, 3.8) is 0 Å². The maximum absolute atomic E-state index is 12.7. The lowest BCUT2D eigenvalue weighted by Gasteiger charge is -2.11. The van der Waals surface area contributed by atoms with Crippen LogP contribution in [0.3, 0.4) is 0 Å². The summed E-state index contributed by atoms with van der Waals surface area (Å²) < 4.78 is 5.34. The van der Waals surface area contributed by atoms with E-state index >= 15 is 0 Å². The molecule has 148 valence electrons. The normalized spacial score (nSPS) is 10.4. The standard InChI is InChI=1S/C24H19N3O3/c1-30-21-14-13-20(19-8-5-15-25-22(19)21)27-24(29)17-9-11-18(12-10-17)26-23(28)16-6-3-2-4-7-16/h2-15H,1H3,(H,26,28)(H,27,29). The Balaban J connectivity index is 1.50. The van der Waals surface area contributed by atoms with Gasteiger partial charge in [-0.15, -0.1) is 0 Å². The second-order valence-corrected chi connectivity index (χ2v) is 6.57. The Morgan fingerprint density at radius 2 is 1.47 bits per heavy atom. The first kappa shape index (κ1) is 19.1. The molecule has 3 aromatic carbocycles. The minimum atomic E-state index is -0.258. The highest BCUT2D eigenvalue weighted by molar-refractivity contribution is 6.10. The zero-order chi connectivity index (χ0) is 20.9. The van der Waals surface area contributed by atoms with Crippen LogP contribution in [0.15, 0.2) is 85.1 Å². The van der Waals surface area contributed by atoms with E-state index < -0.39 is 0 Å². The fourth-order valence-electron chi connectivity index (χ4n) is 3.11. The number of hydrogen-bond acceptors (Lipinski definition) is 4. The first-order chi connectivity index (χ1) is 14.7. The van der Waals surface area contributed by atoms with Crippen molar-refractivity contribution >= 4 is 34.1 Å². The number of anilines is 2. The van der Waals surface area contributed by atoms with E-state index in [9.17, 15) is 9.59 Å². The monoisotopic (exact) mass is 397 g/mol. The van der Waals surface area contributed by atoms with Crippen molar-refractivity contribution in [2.45, 2.75) is 0 Å². The minimum absolute atomic E-state index is 0.204. The predicted molar refractivity (Wildman–Crippen MR) is 117 cm³/mol. The summed E-state index contributed by atoms with van der Waals surface area (Å²) in [5.74, 6) is 0.179. The van der Waals surface area contributed by atoms with Gasteiger partial charge in [-0.1, -0.05) is 18.2 Å². The van der Waals surface area contributed by atoms with E-state index in [4.69, 9.17) is 4.74 Å². The van der Waals surface area contributed by atoms with Gasteiger partial charge in [-0.05, 0) is 60.7 Å². The number of carbonyl (C=O) groups is 2. The number of methoxy groups -OCH3 is 1. The van der Waals surface area contributed by atoms with Crippen molar-refractivity contribution in [1.29, 1.82) is 0 Å². The number of ether oxygens (including phenoxy) is 1. The lowest BCUT2D eigenvalue weighted by atomic mass is 10.1. The Kier molecular flexibility index (Phi) is 5.39. The molecule has 0 aliphatic heterocycles. The summed E-state index contributed by atoms with van der Waals surface area (Å²) in [6, 6.07) is 22.9. The number of nitrogens with one attached hydrogen (secondary N) is 2. The highest BCUT2D eigenvalue weighted by Gasteiger charge is 2.12. The molecule has 0 aliphatic rings. The molecule has 2 N–H and O–H groups in total. The summed E-state index contributed by atoms with van der Waals surface area (Å²) in [6.07, 6.45) is 1.68. The first-order valence-corrected chi connectivity index (χ1v) is 9.35. The second-order valence-electron chi connectivity index (χ2n) is 6.57. The van der Waals surface area contributed by atoms with Gasteiger partial charge >= 0.3 is 0 Å². The number of hydrogen-bond donors (Lipinski definition) is 2. The van der Waals surface area contributed by atoms with Gasteiger partial charge in [0.05, 0.1) is 12.8 Å². The molecule has 0 aliphatic carbocycles. The van der Waals surface area contributed by atoms with E-state index in [1.165, 1.54) is 0 Å². The second kappa shape index (κ2) is 8.45. The number of carbonyl (C=O) groups excluding carboxylic acids is 2. The van der Waals surface area contributed by atoms with Gasteiger partial charge in [0.2, 0.25) is 0 Å². The molecule has 0 spiro atoms. The molecule has 0 unspecified atom stereocenters. The summed E-state index contributed by atoms with van der Waals surface area (Å²) in [7, 11) is 1.58. The van der Waals surface area contributed by atoms with E-state index in [1.54, 1.807) is 74.0 Å². The van der Waals surface area contributed by atoms with E-state index in [0.717, 1.165) is 5.39 Å². The quantitative estimate of drug-likeness (QED) is 0.509.